The molecule has 0 spiro atoms. The topological polar surface area (TPSA) is 29.5 Å². The van der Waals surface area contributed by atoms with Gasteiger partial charge in [0.15, 0.2) is 0 Å². The molecule has 1 saturated carbocycles. The van der Waals surface area contributed by atoms with Gasteiger partial charge in [0.1, 0.15) is 0 Å². The first kappa shape index (κ1) is 9.01. The lowest BCUT2D eigenvalue weighted by molar-refractivity contribution is -0.184. The van der Waals surface area contributed by atoms with Crippen molar-refractivity contribution in [3.8, 4) is 0 Å². The number of hydrogen-bond acceptors (Lipinski definition) is 2. The van der Waals surface area contributed by atoms with Gasteiger partial charge in [-0.25, -0.2) is 0 Å². The second-order valence-electron chi connectivity index (χ2n) is 3.42. The van der Waals surface area contributed by atoms with Crippen molar-refractivity contribution in [2.75, 3.05) is 7.11 Å². The summed E-state index contributed by atoms with van der Waals surface area (Å²) in [5.41, 5.74) is 0.0642. The molecule has 1 rings (SSSR count). The Morgan fingerprint density at radius 2 is 2.00 bits per heavy atom. The van der Waals surface area contributed by atoms with E-state index < -0.39 is 0 Å². The first-order valence-corrected chi connectivity index (χ1v) is 4.42. The van der Waals surface area contributed by atoms with Crippen LogP contribution in [-0.2, 0) is 4.74 Å². The Bertz CT molecular complexity index is 130. The molecule has 1 N–H and O–H groups in total. The van der Waals surface area contributed by atoms with Gasteiger partial charge >= 0.3 is 0 Å². The van der Waals surface area contributed by atoms with Gasteiger partial charge in [0.2, 0.25) is 0 Å². The van der Waals surface area contributed by atoms with Crippen LogP contribution < -0.4 is 0 Å². The van der Waals surface area contributed by atoms with Crippen LogP contribution in [-0.4, -0.2) is 24.4 Å². The molecule has 1 aliphatic carbocycles. The van der Waals surface area contributed by atoms with Crippen LogP contribution in [0.3, 0.4) is 0 Å². The van der Waals surface area contributed by atoms with Crippen LogP contribution in [0.1, 0.15) is 33.1 Å². The lowest BCUT2D eigenvalue weighted by atomic mass is 9.60. The zero-order valence-corrected chi connectivity index (χ0v) is 7.63. The zero-order chi connectivity index (χ0) is 8.48. The smallest absolute Gasteiger partial charge is 0.0676 e. The van der Waals surface area contributed by atoms with Crippen LogP contribution in [0.25, 0.3) is 0 Å². The Labute approximate surface area is 68.6 Å². The number of hydrogen-bond donors (Lipinski definition) is 1. The highest BCUT2D eigenvalue weighted by atomic mass is 16.5. The van der Waals surface area contributed by atoms with Gasteiger partial charge < -0.3 is 9.84 Å². The Kier molecular flexibility index (Phi) is 2.55. The third-order valence-corrected chi connectivity index (χ3v) is 3.34. The number of aliphatic hydroxyl groups excluding tert-OH is 1. The van der Waals surface area contributed by atoms with Crippen molar-refractivity contribution in [1.82, 2.24) is 0 Å². The normalized spacial score (nSPS) is 34.9. The van der Waals surface area contributed by atoms with Crippen molar-refractivity contribution in [2.24, 2.45) is 5.41 Å². The van der Waals surface area contributed by atoms with Crippen LogP contribution in [0.2, 0.25) is 0 Å². The van der Waals surface area contributed by atoms with Crippen LogP contribution in [0.5, 0.6) is 0 Å². The average Bonchev–Trinajstić information content (AvgIpc) is 2.02. The Balaban J connectivity index is 2.62. The summed E-state index contributed by atoms with van der Waals surface area (Å²) >= 11 is 0. The molecule has 11 heavy (non-hydrogen) atoms. The minimum absolute atomic E-state index is 0.0642. The summed E-state index contributed by atoms with van der Waals surface area (Å²) < 4.78 is 5.29. The van der Waals surface area contributed by atoms with E-state index in [1.54, 1.807) is 7.11 Å². The molecule has 1 aliphatic rings. The highest BCUT2D eigenvalue weighted by molar-refractivity contribution is 5.02. The molecule has 0 radical (unpaired) electrons. The number of ether oxygens (including phenoxy) is 1. The second-order valence-corrected chi connectivity index (χ2v) is 3.42. The number of methoxy groups -OCH3 is 1. The standard InChI is InChI=1S/C9H18O2/c1-4-9(5-2)7(10)6-8(9)11-3/h7-8,10H,4-6H2,1-3H3/t7-,8-/m0/s1. The summed E-state index contributed by atoms with van der Waals surface area (Å²) in [6.45, 7) is 4.25. The molecule has 2 heteroatoms. The summed E-state index contributed by atoms with van der Waals surface area (Å²) in [6.07, 6.45) is 3.00. The first-order chi connectivity index (χ1) is 5.21. The summed E-state index contributed by atoms with van der Waals surface area (Å²) in [4.78, 5) is 0. The highest BCUT2D eigenvalue weighted by Gasteiger charge is 2.52. The van der Waals surface area contributed by atoms with E-state index >= 15 is 0 Å². The predicted molar refractivity (Wildman–Crippen MR) is 44.4 cm³/mol. The molecule has 2 nitrogen and oxygen atoms in total. The molecule has 0 saturated heterocycles. The molecule has 0 aromatic rings. The van der Waals surface area contributed by atoms with E-state index in [2.05, 4.69) is 13.8 Å². The predicted octanol–water partition coefficient (Wildman–Crippen LogP) is 1.57. The highest BCUT2D eigenvalue weighted by Crippen LogP contribution is 2.48. The number of rotatable bonds is 3. The van der Waals surface area contributed by atoms with Gasteiger partial charge in [0.25, 0.3) is 0 Å². The van der Waals surface area contributed by atoms with Gasteiger partial charge in [0.05, 0.1) is 12.2 Å². The minimum Gasteiger partial charge on any atom is -0.392 e. The van der Waals surface area contributed by atoms with E-state index in [4.69, 9.17) is 4.74 Å². The fourth-order valence-electron chi connectivity index (χ4n) is 2.23. The maximum atomic E-state index is 9.58. The van der Waals surface area contributed by atoms with Gasteiger partial charge in [-0.2, -0.15) is 0 Å². The fourth-order valence-corrected chi connectivity index (χ4v) is 2.23. The van der Waals surface area contributed by atoms with Crippen molar-refractivity contribution in [1.29, 1.82) is 0 Å². The molecule has 0 unspecified atom stereocenters. The monoisotopic (exact) mass is 158 g/mol. The van der Waals surface area contributed by atoms with Gasteiger partial charge in [-0.05, 0) is 12.8 Å². The third-order valence-electron chi connectivity index (χ3n) is 3.34. The largest absolute Gasteiger partial charge is 0.392 e. The molecule has 1 fully saturated rings. The molecule has 0 amide bonds. The van der Waals surface area contributed by atoms with Crippen molar-refractivity contribution < 1.29 is 9.84 Å². The van der Waals surface area contributed by atoms with Gasteiger partial charge in [-0.1, -0.05) is 13.8 Å². The van der Waals surface area contributed by atoms with E-state index in [1.807, 2.05) is 0 Å². The molecule has 66 valence electrons. The Morgan fingerprint density at radius 3 is 2.18 bits per heavy atom. The second kappa shape index (κ2) is 3.11. The summed E-state index contributed by atoms with van der Waals surface area (Å²) in [6, 6.07) is 0. The van der Waals surface area contributed by atoms with E-state index in [1.165, 1.54) is 0 Å². The summed E-state index contributed by atoms with van der Waals surface area (Å²) in [5, 5.41) is 9.58. The molecular formula is C9H18O2. The van der Waals surface area contributed by atoms with E-state index in [9.17, 15) is 5.11 Å². The maximum Gasteiger partial charge on any atom is 0.0676 e. The van der Waals surface area contributed by atoms with Crippen molar-refractivity contribution in [3.63, 3.8) is 0 Å². The molecule has 0 aromatic carbocycles. The molecule has 0 aliphatic heterocycles. The van der Waals surface area contributed by atoms with Crippen molar-refractivity contribution >= 4 is 0 Å². The fraction of sp³-hybridized carbons (Fsp3) is 1.00. The average molecular weight is 158 g/mol. The molecular weight excluding hydrogens is 140 g/mol. The van der Waals surface area contributed by atoms with Crippen molar-refractivity contribution in [2.45, 2.75) is 45.3 Å². The van der Waals surface area contributed by atoms with Gasteiger partial charge in [0, 0.05) is 18.9 Å². The number of aliphatic hydroxyl groups is 1. The lowest BCUT2D eigenvalue weighted by Crippen LogP contribution is -2.57. The summed E-state index contributed by atoms with van der Waals surface area (Å²) in [5.74, 6) is 0. The zero-order valence-electron chi connectivity index (χ0n) is 7.63. The van der Waals surface area contributed by atoms with Crippen LogP contribution in [0.15, 0.2) is 0 Å². The van der Waals surface area contributed by atoms with E-state index in [-0.39, 0.29) is 17.6 Å². The SMILES string of the molecule is CCC1(CC)[C@@H](OC)C[C@@H]1O. The van der Waals surface area contributed by atoms with Crippen LogP contribution in [0.4, 0.5) is 0 Å². The molecule has 0 bridgehead atoms. The molecule has 0 aromatic heterocycles. The Morgan fingerprint density at radius 1 is 1.45 bits per heavy atom. The first-order valence-electron chi connectivity index (χ1n) is 4.42. The lowest BCUT2D eigenvalue weighted by Gasteiger charge is -2.52. The maximum absolute atomic E-state index is 9.58. The van der Waals surface area contributed by atoms with Gasteiger partial charge in [-0.3, -0.25) is 0 Å². The van der Waals surface area contributed by atoms with Crippen LogP contribution >= 0.6 is 0 Å². The summed E-state index contributed by atoms with van der Waals surface area (Å²) in [7, 11) is 1.73. The molecule has 0 heterocycles. The molecule has 2 atom stereocenters. The van der Waals surface area contributed by atoms with Crippen molar-refractivity contribution in [3.05, 3.63) is 0 Å². The minimum atomic E-state index is -0.137. The third kappa shape index (κ3) is 1.09. The Hall–Kier alpha value is -0.0800. The van der Waals surface area contributed by atoms with Gasteiger partial charge in [-0.15, -0.1) is 0 Å². The van der Waals surface area contributed by atoms with E-state index in [0.29, 0.717) is 0 Å². The van der Waals surface area contributed by atoms with E-state index in [0.717, 1.165) is 19.3 Å². The quantitative estimate of drug-likeness (QED) is 0.675. The van der Waals surface area contributed by atoms with Crippen LogP contribution in [0, 0.1) is 5.41 Å².